The molecule has 0 saturated carbocycles. The van der Waals surface area contributed by atoms with E-state index in [1.807, 2.05) is 4.90 Å². The SMILES string of the molecule is O=C(O)CCCCCNCCC(=O)N1CCCCC1. The molecule has 1 heterocycles. The molecule has 5 nitrogen and oxygen atoms in total. The van der Waals surface area contributed by atoms with Crippen molar-refractivity contribution in [1.82, 2.24) is 10.2 Å². The second kappa shape index (κ2) is 9.78. The first-order valence-electron chi connectivity index (χ1n) is 7.40. The first-order chi connectivity index (χ1) is 9.20. The molecule has 5 heteroatoms. The van der Waals surface area contributed by atoms with Crippen LogP contribution in [0.2, 0.25) is 0 Å². The van der Waals surface area contributed by atoms with Crippen LogP contribution < -0.4 is 5.32 Å². The lowest BCUT2D eigenvalue weighted by atomic mass is 10.1. The Morgan fingerprint density at radius 2 is 1.68 bits per heavy atom. The molecule has 0 aliphatic carbocycles. The van der Waals surface area contributed by atoms with Crippen molar-refractivity contribution in [3.8, 4) is 0 Å². The van der Waals surface area contributed by atoms with Crippen molar-refractivity contribution in [2.75, 3.05) is 26.2 Å². The summed E-state index contributed by atoms with van der Waals surface area (Å²) >= 11 is 0. The van der Waals surface area contributed by atoms with E-state index >= 15 is 0 Å². The molecule has 1 aliphatic heterocycles. The molecule has 0 unspecified atom stereocenters. The molecular formula is C14H26N2O3. The Morgan fingerprint density at radius 3 is 2.37 bits per heavy atom. The second-order valence-corrected chi connectivity index (χ2v) is 5.15. The van der Waals surface area contributed by atoms with E-state index < -0.39 is 5.97 Å². The molecule has 0 atom stereocenters. The van der Waals surface area contributed by atoms with Gasteiger partial charge in [-0.1, -0.05) is 6.42 Å². The predicted molar refractivity (Wildman–Crippen MR) is 74.0 cm³/mol. The van der Waals surface area contributed by atoms with Crippen molar-refractivity contribution >= 4 is 11.9 Å². The number of carbonyl (C=O) groups excluding carboxylic acids is 1. The molecular weight excluding hydrogens is 244 g/mol. The van der Waals surface area contributed by atoms with Crippen molar-refractivity contribution in [3.05, 3.63) is 0 Å². The van der Waals surface area contributed by atoms with E-state index in [1.54, 1.807) is 0 Å². The van der Waals surface area contributed by atoms with Gasteiger partial charge in [-0.2, -0.15) is 0 Å². The number of hydrogen-bond acceptors (Lipinski definition) is 3. The molecule has 0 bridgehead atoms. The van der Waals surface area contributed by atoms with Gasteiger partial charge in [0.2, 0.25) is 5.91 Å². The first kappa shape index (κ1) is 16.0. The summed E-state index contributed by atoms with van der Waals surface area (Å²) < 4.78 is 0. The van der Waals surface area contributed by atoms with Crippen molar-refractivity contribution in [3.63, 3.8) is 0 Å². The van der Waals surface area contributed by atoms with Crippen LogP contribution in [0.1, 0.15) is 51.4 Å². The van der Waals surface area contributed by atoms with E-state index in [0.29, 0.717) is 6.42 Å². The standard InChI is InChI=1S/C14H26N2O3/c17-13(16-11-5-2-6-12-16)8-10-15-9-4-1-3-7-14(18)19/h15H,1-12H2,(H,18,19). The number of piperidine rings is 1. The summed E-state index contributed by atoms with van der Waals surface area (Å²) in [6.45, 7) is 3.45. The minimum Gasteiger partial charge on any atom is -0.481 e. The van der Waals surface area contributed by atoms with E-state index in [2.05, 4.69) is 5.32 Å². The van der Waals surface area contributed by atoms with Gasteiger partial charge in [0.05, 0.1) is 0 Å². The van der Waals surface area contributed by atoms with Crippen LogP contribution in [0.5, 0.6) is 0 Å². The highest BCUT2D eigenvalue weighted by molar-refractivity contribution is 5.76. The van der Waals surface area contributed by atoms with Crippen LogP contribution in [0.4, 0.5) is 0 Å². The lowest BCUT2D eigenvalue weighted by Gasteiger charge is -2.26. The number of carboxylic acid groups (broad SMARTS) is 1. The maximum absolute atomic E-state index is 11.8. The monoisotopic (exact) mass is 270 g/mol. The van der Waals surface area contributed by atoms with Gasteiger partial charge in [-0.05, 0) is 38.6 Å². The Bertz CT molecular complexity index is 276. The number of carboxylic acids is 1. The van der Waals surface area contributed by atoms with Crippen molar-refractivity contribution < 1.29 is 14.7 Å². The summed E-state index contributed by atoms with van der Waals surface area (Å²) in [5.74, 6) is -0.460. The Labute approximate surface area is 115 Å². The molecule has 0 aromatic heterocycles. The zero-order valence-electron chi connectivity index (χ0n) is 11.7. The van der Waals surface area contributed by atoms with Crippen LogP contribution in [-0.4, -0.2) is 48.1 Å². The number of unbranched alkanes of at least 4 members (excludes halogenated alkanes) is 2. The fourth-order valence-electron chi connectivity index (χ4n) is 2.32. The van der Waals surface area contributed by atoms with Gasteiger partial charge >= 0.3 is 5.97 Å². The molecule has 0 radical (unpaired) electrons. The maximum Gasteiger partial charge on any atom is 0.303 e. The zero-order valence-corrected chi connectivity index (χ0v) is 11.7. The topological polar surface area (TPSA) is 69.6 Å². The molecule has 1 fully saturated rings. The molecule has 19 heavy (non-hydrogen) atoms. The summed E-state index contributed by atoms with van der Waals surface area (Å²) in [5, 5.41) is 11.7. The van der Waals surface area contributed by atoms with Crippen LogP contribution in [-0.2, 0) is 9.59 Å². The van der Waals surface area contributed by atoms with E-state index in [1.165, 1.54) is 6.42 Å². The van der Waals surface area contributed by atoms with Gasteiger partial charge in [0.25, 0.3) is 0 Å². The Balaban J connectivity index is 1.89. The van der Waals surface area contributed by atoms with Crippen LogP contribution in [0.3, 0.4) is 0 Å². The van der Waals surface area contributed by atoms with E-state index in [9.17, 15) is 9.59 Å². The highest BCUT2D eigenvalue weighted by atomic mass is 16.4. The highest BCUT2D eigenvalue weighted by Gasteiger charge is 2.15. The number of nitrogens with one attached hydrogen (secondary N) is 1. The molecule has 2 N–H and O–H groups in total. The normalized spacial score (nSPS) is 15.5. The maximum atomic E-state index is 11.8. The minimum absolute atomic E-state index is 0.257. The minimum atomic E-state index is -0.722. The number of amides is 1. The molecule has 1 rings (SSSR count). The van der Waals surface area contributed by atoms with Crippen LogP contribution >= 0.6 is 0 Å². The average molecular weight is 270 g/mol. The largest absolute Gasteiger partial charge is 0.481 e. The smallest absolute Gasteiger partial charge is 0.303 e. The molecule has 1 aliphatic rings. The summed E-state index contributed by atoms with van der Waals surface area (Å²) in [6.07, 6.45) is 7.01. The van der Waals surface area contributed by atoms with Gasteiger partial charge in [0.15, 0.2) is 0 Å². The molecule has 0 aromatic carbocycles. The van der Waals surface area contributed by atoms with Gasteiger partial charge < -0.3 is 15.3 Å². The number of rotatable bonds is 9. The Morgan fingerprint density at radius 1 is 0.947 bits per heavy atom. The lowest BCUT2D eigenvalue weighted by molar-refractivity contribution is -0.137. The summed E-state index contributed by atoms with van der Waals surface area (Å²) in [7, 11) is 0. The number of nitrogens with zero attached hydrogens (tertiary/aromatic N) is 1. The third-order valence-corrected chi connectivity index (χ3v) is 3.47. The lowest BCUT2D eigenvalue weighted by Crippen LogP contribution is -2.37. The molecule has 0 spiro atoms. The second-order valence-electron chi connectivity index (χ2n) is 5.15. The van der Waals surface area contributed by atoms with Crippen molar-refractivity contribution in [1.29, 1.82) is 0 Å². The number of likely N-dealkylation sites (tertiary alicyclic amines) is 1. The van der Waals surface area contributed by atoms with Crippen LogP contribution in [0.25, 0.3) is 0 Å². The average Bonchev–Trinajstić information content (AvgIpc) is 2.42. The van der Waals surface area contributed by atoms with Crippen LogP contribution in [0, 0.1) is 0 Å². The predicted octanol–water partition coefficient (Wildman–Crippen LogP) is 1.62. The number of carbonyl (C=O) groups is 2. The van der Waals surface area contributed by atoms with Crippen molar-refractivity contribution in [2.45, 2.75) is 51.4 Å². The Hall–Kier alpha value is -1.10. The van der Waals surface area contributed by atoms with Gasteiger partial charge in [-0.15, -0.1) is 0 Å². The molecule has 110 valence electrons. The Kier molecular flexibility index (Phi) is 8.21. The molecule has 1 amide bonds. The van der Waals surface area contributed by atoms with E-state index in [4.69, 9.17) is 5.11 Å². The summed E-state index contributed by atoms with van der Waals surface area (Å²) in [6, 6.07) is 0. The van der Waals surface area contributed by atoms with Crippen molar-refractivity contribution in [2.24, 2.45) is 0 Å². The quantitative estimate of drug-likeness (QED) is 0.625. The van der Waals surface area contributed by atoms with Crippen LogP contribution in [0.15, 0.2) is 0 Å². The number of aliphatic carboxylic acids is 1. The van der Waals surface area contributed by atoms with E-state index in [-0.39, 0.29) is 12.3 Å². The fraction of sp³-hybridized carbons (Fsp3) is 0.857. The number of hydrogen-bond donors (Lipinski definition) is 2. The van der Waals surface area contributed by atoms with E-state index in [0.717, 1.165) is 58.3 Å². The van der Waals surface area contributed by atoms with Gasteiger partial charge in [-0.25, -0.2) is 0 Å². The third-order valence-electron chi connectivity index (χ3n) is 3.47. The molecule has 0 aromatic rings. The van der Waals surface area contributed by atoms with Gasteiger partial charge in [0.1, 0.15) is 0 Å². The first-order valence-corrected chi connectivity index (χ1v) is 7.40. The summed E-state index contributed by atoms with van der Waals surface area (Å²) in [5.41, 5.74) is 0. The molecule has 1 saturated heterocycles. The van der Waals surface area contributed by atoms with Gasteiger partial charge in [0, 0.05) is 32.5 Å². The zero-order chi connectivity index (χ0) is 13.9. The fourth-order valence-corrected chi connectivity index (χ4v) is 2.32. The van der Waals surface area contributed by atoms with Gasteiger partial charge in [-0.3, -0.25) is 9.59 Å². The highest BCUT2D eigenvalue weighted by Crippen LogP contribution is 2.09. The third kappa shape index (κ3) is 7.82. The summed E-state index contributed by atoms with van der Waals surface area (Å²) in [4.78, 5) is 24.1.